The molecule has 0 radical (unpaired) electrons. The molecule has 4 rings (SSSR count). The SMILES string of the molecule is Cc1cccc(OC(C)C(=O)N(Cc2ccc(-c3ccc(Cl)cc3Cl)cc2)C2CCS(=O)(=O)C2)c1C. The van der Waals surface area contributed by atoms with Crippen LogP contribution in [0.2, 0.25) is 10.0 Å². The summed E-state index contributed by atoms with van der Waals surface area (Å²) in [6, 6.07) is 18.4. The number of hydrogen-bond donors (Lipinski definition) is 0. The number of amides is 1. The molecule has 1 aliphatic heterocycles. The van der Waals surface area contributed by atoms with E-state index in [9.17, 15) is 13.2 Å². The highest BCUT2D eigenvalue weighted by atomic mass is 35.5. The number of benzene rings is 3. The molecule has 0 aliphatic carbocycles. The second kappa shape index (κ2) is 10.8. The molecule has 8 heteroatoms. The van der Waals surface area contributed by atoms with Gasteiger partial charge in [0.1, 0.15) is 5.75 Å². The van der Waals surface area contributed by atoms with Crippen molar-refractivity contribution in [3.8, 4) is 16.9 Å². The average molecular weight is 547 g/mol. The highest BCUT2D eigenvalue weighted by Gasteiger charge is 2.36. The molecule has 0 bridgehead atoms. The first-order valence-electron chi connectivity index (χ1n) is 11.8. The molecule has 190 valence electrons. The van der Waals surface area contributed by atoms with Crippen molar-refractivity contribution in [2.24, 2.45) is 0 Å². The largest absolute Gasteiger partial charge is 0.481 e. The summed E-state index contributed by atoms with van der Waals surface area (Å²) in [5, 5.41) is 1.12. The van der Waals surface area contributed by atoms with E-state index in [0.717, 1.165) is 27.8 Å². The Morgan fingerprint density at radius 3 is 2.44 bits per heavy atom. The minimum Gasteiger partial charge on any atom is -0.481 e. The number of carbonyl (C=O) groups excluding carboxylic acids is 1. The zero-order valence-electron chi connectivity index (χ0n) is 20.5. The number of hydrogen-bond acceptors (Lipinski definition) is 4. The first-order chi connectivity index (χ1) is 17.0. The van der Waals surface area contributed by atoms with Crippen molar-refractivity contribution in [3.05, 3.63) is 87.4 Å². The number of aryl methyl sites for hydroxylation is 1. The predicted molar refractivity (Wildman–Crippen MR) is 146 cm³/mol. The predicted octanol–water partition coefficient (Wildman–Crippen LogP) is 6.26. The zero-order valence-corrected chi connectivity index (χ0v) is 22.8. The molecule has 1 amide bonds. The van der Waals surface area contributed by atoms with Crippen LogP contribution in [0.25, 0.3) is 11.1 Å². The molecule has 3 aromatic rings. The number of rotatable bonds is 7. The third-order valence-corrected chi connectivity index (χ3v) is 8.99. The lowest BCUT2D eigenvalue weighted by Crippen LogP contribution is -2.46. The summed E-state index contributed by atoms with van der Waals surface area (Å²) in [5.41, 5.74) is 4.72. The minimum atomic E-state index is -3.17. The van der Waals surface area contributed by atoms with Gasteiger partial charge in [-0.3, -0.25) is 4.79 Å². The Labute approximate surface area is 222 Å². The number of halogens is 2. The minimum absolute atomic E-state index is 0.0343. The number of sulfone groups is 1. The molecular formula is C28H29Cl2NO4S. The molecule has 0 aromatic heterocycles. The van der Waals surface area contributed by atoms with Gasteiger partial charge in [0.25, 0.3) is 5.91 Å². The molecular weight excluding hydrogens is 517 g/mol. The van der Waals surface area contributed by atoms with E-state index < -0.39 is 22.0 Å². The van der Waals surface area contributed by atoms with Crippen LogP contribution in [0.15, 0.2) is 60.7 Å². The third-order valence-electron chi connectivity index (χ3n) is 6.69. The van der Waals surface area contributed by atoms with Gasteiger partial charge >= 0.3 is 0 Å². The van der Waals surface area contributed by atoms with Crippen LogP contribution in [0, 0.1) is 13.8 Å². The van der Waals surface area contributed by atoms with E-state index in [1.807, 2.05) is 62.4 Å². The summed E-state index contributed by atoms with van der Waals surface area (Å²) in [6.07, 6.45) is -0.344. The summed E-state index contributed by atoms with van der Waals surface area (Å²) in [4.78, 5) is 15.2. The van der Waals surface area contributed by atoms with Crippen LogP contribution in [0.3, 0.4) is 0 Å². The second-order valence-electron chi connectivity index (χ2n) is 9.30. The van der Waals surface area contributed by atoms with Crippen LogP contribution in [0.1, 0.15) is 30.0 Å². The normalized spacial score (nSPS) is 17.5. The Kier molecular flexibility index (Phi) is 7.98. The first kappa shape index (κ1) is 26.5. The van der Waals surface area contributed by atoms with Crippen molar-refractivity contribution in [2.45, 2.75) is 45.9 Å². The van der Waals surface area contributed by atoms with Crippen molar-refractivity contribution >= 4 is 38.9 Å². The number of ether oxygens (including phenoxy) is 1. The van der Waals surface area contributed by atoms with Crippen LogP contribution in [0.5, 0.6) is 5.75 Å². The molecule has 2 atom stereocenters. The molecule has 3 aromatic carbocycles. The molecule has 5 nitrogen and oxygen atoms in total. The maximum absolute atomic E-state index is 13.6. The Bertz CT molecular complexity index is 1370. The molecule has 0 N–H and O–H groups in total. The fourth-order valence-corrected chi connectivity index (χ4v) is 6.69. The summed E-state index contributed by atoms with van der Waals surface area (Å²) in [6.45, 7) is 5.95. The van der Waals surface area contributed by atoms with Crippen LogP contribution in [0.4, 0.5) is 0 Å². The van der Waals surface area contributed by atoms with E-state index in [-0.39, 0.29) is 24.0 Å². The lowest BCUT2D eigenvalue weighted by atomic mass is 10.0. The number of carbonyl (C=O) groups is 1. The zero-order chi connectivity index (χ0) is 26.0. The van der Waals surface area contributed by atoms with Gasteiger partial charge in [-0.2, -0.15) is 0 Å². The van der Waals surface area contributed by atoms with Gasteiger partial charge < -0.3 is 9.64 Å². The van der Waals surface area contributed by atoms with E-state index in [2.05, 4.69) is 0 Å². The van der Waals surface area contributed by atoms with Gasteiger partial charge in [0.2, 0.25) is 0 Å². The van der Waals surface area contributed by atoms with Gasteiger partial charge in [0.05, 0.1) is 11.5 Å². The highest BCUT2D eigenvalue weighted by Crippen LogP contribution is 2.31. The average Bonchev–Trinajstić information content (AvgIpc) is 3.20. The van der Waals surface area contributed by atoms with Crippen molar-refractivity contribution < 1.29 is 17.9 Å². The van der Waals surface area contributed by atoms with Crippen molar-refractivity contribution in [1.29, 1.82) is 0 Å². The molecule has 0 saturated carbocycles. The monoisotopic (exact) mass is 545 g/mol. The Morgan fingerprint density at radius 2 is 1.81 bits per heavy atom. The van der Waals surface area contributed by atoms with E-state index in [1.165, 1.54) is 0 Å². The molecule has 1 saturated heterocycles. The smallest absolute Gasteiger partial charge is 0.263 e. The third kappa shape index (κ3) is 6.05. The van der Waals surface area contributed by atoms with Crippen molar-refractivity contribution in [1.82, 2.24) is 4.90 Å². The van der Waals surface area contributed by atoms with Gasteiger partial charge in [0.15, 0.2) is 15.9 Å². The van der Waals surface area contributed by atoms with E-state index in [1.54, 1.807) is 24.0 Å². The summed E-state index contributed by atoms with van der Waals surface area (Å²) in [7, 11) is -3.17. The maximum atomic E-state index is 13.6. The van der Waals surface area contributed by atoms with Crippen molar-refractivity contribution in [2.75, 3.05) is 11.5 Å². The fraction of sp³-hybridized carbons (Fsp3) is 0.321. The molecule has 1 heterocycles. The summed E-state index contributed by atoms with van der Waals surface area (Å²) in [5.74, 6) is 0.469. The van der Waals surface area contributed by atoms with E-state index in [0.29, 0.717) is 22.2 Å². The summed E-state index contributed by atoms with van der Waals surface area (Å²) >= 11 is 12.4. The van der Waals surface area contributed by atoms with Crippen LogP contribution < -0.4 is 4.74 Å². The quantitative estimate of drug-likeness (QED) is 0.351. The van der Waals surface area contributed by atoms with Crippen LogP contribution in [-0.4, -0.2) is 42.9 Å². The van der Waals surface area contributed by atoms with Crippen LogP contribution in [-0.2, 0) is 21.2 Å². The van der Waals surface area contributed by atoms with Gasteiger partial charge in [-0.05, 0) is 67.6 Å². The van der Waals surface area contributed by atoms with Gasteiger partial charge in [-0.25, -0.2) is 8.42 Å². The Hall–Kier alpha value is -2.54. The summed E-state index contributed by atoms with van der Waals surface area (Å²) < 4.78 is 30.5. The van der Waals surface area contributed by atoms with Crippen molar-refractivity contribution in [3.63, 3.8) is 0 Å². The molecule has 2 unspecified atom stereocenters. The molecule has 0 spiro atoms. The van der Waals surface area contributed by atoms with Crippen LogP contribution >= 0.6 is 23.2 Å². The topological polar surface area (TPSA) is 63.7 Å². The molecule has 1 aliphatic rings. The standard InChI is InChI=1S/C28H29Cl2NO4S/c1-18-5-4-6-27(19(18)2)35-20(3)28(32)31(24-13-14-36(33,34)17-24)16-21-7-9-22(10-8-21)25-12-11-23(29)15-26(25)30/h4-12,15,20,24H,13-14,16-17H2,1-3H3. The maximum Gasteiger partial charge on any atom is 0.263 e. The van der Waals surface area contributed by atoms with Gasteiger partial charge in [-0.1, -0.05) is 65.7 Å². The second-order valence-corrected chi connectivity index (χ2v) is 12.4. The molecule has 1 fully saturated rings. The lowest BCUT2D eigenvalue weighted by molar-refractivity contribution is -0.140. The Morgan fingerprint density at radius 1 is 1.08 bits per heavy atom. The van der Waals surface area contributed by atoms with Gasteiger partial charge in [-0.15, -0.1) is 0 Å². The lowest BCUT2D eigenvalue weighted by Gasteiger charge is -2.31. The van der Waals surface area contributed by atoms with E-state index in [4.69, 9.17) is 27.9 Å². The van der Waals surface area contributed by atoms with Gasteiger partial charge in [0, 0.05) is 28.2 Å². The Balaban J connectivity index is 1.57. The highest BCUT2D eigenvalue weighted by molar-refractivity contribution is 7.91. The van der Waals surface area contributed by atoms with E-state index >= 15 is 0 Å². The first-order valence-corrected chi connectivity index (χ1v) is 14.4. The molecule has 36 heavy (non-hydrogen) atoms. The fourth-order valence-electron chi connectivity index (χ4n) is 4.44. The number of nitrogens with zero attached hydrogens (tertiary/aromatic N) is 1.